The number of ether oxygens (including phenoxy) is 2. The molecule has 1 aromatic carbocycles. The van der Waals surface area contributed by atoms with Gasteiger partial charge in [-0.05, 0) is 38.0 Å². The van der Waals surface area contributed by atoms with Crippen LogP contribution in [0.5, 0.6) is 5.75 Å². The Morgan fingerprint density at radius 1 is 1.50 bits per heavy atom. The van der Waals surface area contributed by atoms with Crippen molar-refractivity contribution < 1.29 is 14.3 Å². The molecule has 106 valence electrons. The van der Waals surface area contributed by atoms with Crippen LogP contribution in [-0.2, 0) is 4.74 Å². The van der Waals surface area contributed by atoms with Crippen LogP contribution in [0, 0.1) is 0 Å². The highest BCUT2D eigenvalue weighted by molar-refractivity contribution is 6.08. The standard InChI is InChI=1S/C16H19NO3/c1-2-19-12-5-6-15-13(8-12)14(10-17-15)16(18)9-11-4-3-7-20-11/h5-6,8,10-11,17H,2-4,7,9H2,1H3. The number of rotatable bonds is 5. The lowest BCUT2D eigenvalue weighted by molar-refractivity contribution is 0.0777. The number of carbonyl (C=O) groups is 1. The second-order valence-corrected chi connectivity index (χ2v) is 5.11. The van der Waals surface area contributed by atoms with Crippen molar-refractivity contribution >= 4 is 16.7 Å². The van der Waals surface area contributed by atoms with E-state index in [-0.39, 0.29) is 11.9 Å². The number of benzene rings is 1. The Morgan fingerprint density at radius 3 is 3.15 bits per heavy atom. The van der Waals surface area contributed by atoms with Crippen LogP contribution < -0.4 is 4.74 Å². The molecule has 1 aromatic heterocycles. The number of aromatic amines is 1. The molecule has 1 saturated heterocycles. The summed E-state index contributed by atoms with van der Waals surface area (Å²) in [5.74, 6) is 0.933. The van der Waals surface area contributed by atoms with Crippen LogP contribution >= 0.6 is 0 Å². The summed E-state index contributed by atoms with van der Waals surface area (Å²) in [5, 5.41) is 0.930. The van der Waals surface area contributed by atoms with Crippen LogP contribution in [0.2, 0.25) is 0 Å². The van der Waals surface area contributed by atoms with Gasteiger partial charge >= 0.3 is 0 Å². The highest BCUT2D eigenvalue weighted by Gasteiger charge is 2.21. The van der Waals surface area contributed by atoms with Crippen LogP contribution in [0.25, 0.3) is 10.9 Å². The molecule has 0 saturated carbocycles. The quantitative estimate of drug-likeness (QED) is 0.850. The summed E-state index contributed by atoms with van der Waals surface area (Å²) in [7, 11) is 0. The lowest BCUT2D eigenvalue weighted by Gasteiger charge is -2.08. The number of hydrogen-bond donors (Lipinski definition) is 1. The number of ketones is 1. The molecule has 1 aliphatic rings. The molecule has 0 aliphatic carbocycles. The van der Waals surface area contributed by atoms with E-state index in [1.165, 1.54) is 0 Å². The van der Waals surface area contributed by atoms with Crippen molar-refractivity contribution in [1.29, 1.82) is 0 Å². The highest BCUT2D eigenvalue weighted by Crippen LogP contribution is 2.26. The first-order valence-corrected chi connectivity index (χ1v) is 7.16. The maximum atomic E-state index is 12.4. The fourth-order valence-corrected chi connectivity index (χ4v) is 2.71. The van der Waals surface area contributed by atoms with Crippen molar-refractivity contribution in [1.82, 2.24) is 4.98 Å². The molecular formula is C16H19NO3. The third kappa shape index (κ3) is 2.56. The predicted molar refractivity (Wildman–Crippen MR) is 77.4 cm³/mol. The first-order valence-electron chi connectivity index (χ1n) is 7.16. The Balaban J connectivity index is 1.85. The Bertz CT molecular complexity index is 611. The average Bonchev–Trinajstić information content (AvgIpc) is 3.07. The lowest BCUT2D eigenvalue weighted by atomic mass is 10.0. The van der Waals surface area contributed by atoms with Gasteiger partial charge in [0.2, 0.25) is 0 Å². The molecule has 1 aliphatic heterocycles. The lowest BCUT2D eigenvalue weighted by Crippen LogP contribution is -2.12. The number of carbonyl (C=O) groups excluding carboxylic acids is 1. The molecule has 20 heavy (non-hydrogen) atoms. The summed E-state index contributed by atoms with van der Waals surface area (Å²) in [6.07, 6.45) is 4.38. The molecule has 4 nitrogen and oxygen atoms in total. The Hall–Kier alpha value is -1.81. The molecule has 0 bridgehead atoms. The predicted octanol–water partition coefficient (Wildman–Crippen LogP) is 3.32. The monoisotopic (exact) mass is 273 g/mol. The fraction of sp³-hybridized carbons (Fsp3) is 0.438. The van der Waals surface area contributed by atoms with Crippen molar-refractivity contribution in [3.8, 4) is 5.75 Å². The van der Waals surface area contributed by atoms with Crippen molar-refractivity contribution in [2.45, 2.75) is 32.3 Å². The van der Waals surface area contributed by atoms with E-state index in [2.05, 4.69) is 4.98 Å². The summed E-state index contributed by atoms with van der Waals surface area (Å²) in [6.45, 7) is 3.35. The molecule has 3 rings (SSSR count). The number of nitrogens with one attached hydrogen (secondary N) is 1. The third-order valence-corrected chi connectivity index (χ3v) is 3.70. The molecule has 2 aromatic rings. The topological polar surface area (TPSA) is 51.3 Å². The van der Waals surface area contributed by atoms with Crippen molar-refractivity contribution in [2.75, 3.05) is 13.2 Å². The van der Waals surface area contributed by atoms with E-state index < -0.39 is 0 Å². The first kappa shape index (κ1) is 13.2. The number of aromatic nitrogens is 1. The van der Waals surface area contributed by atoms with Crippen LogP contribution in [-0.4, -0.2) is 30.1 Å². The van der Waals surface area contributed by atoms with Gasteiger partial charge < -0.3 is 14.5 Å². The number of hydrogen-bond acceptors (Lipinski definition) is 3. The number of fused-ring (bicyclic) bond motifs is 1. The van der Waals surface area contributed by atoms with Crippen LogP contribution in [0.15, 0.2) is 24.4 Å². The molecule has 0 spiro atoms. The van der Waals surface area contributed by atoms with Gasteiger partial charge in [0, 0.05) is 35.7 Å². The Kier molecular flexibility index (Phi) is 3.74. The molecule has 1 N–H and O–H groups in total. The molecule has 2 heterocycles. The summed E-state index contributed by atoms with van der Waals surface area (Å²) in [4.78, 5) is 15.6. The van der Waals surface area contributed by atoms with E-state index in [4.69, 9.17) is 9.47 Å². The zero-order chi connectivity index (χ0) is 13.9. The zero-order valence-electron chi connectivity index (χ0n) is 11.6. The van der Waals surface area contributed by atoms with Gasteiger partial charge in [-0.1, -0.05) is 0 Å². The van der Waals surface area contributed by atoms with Gasteiger partial charge in [-0.25, -0.2) is 0 Å². The largest absolute Gasteiger partial charge is 0.494 e. The van der Waals surface area contributed by atoms with E-state index in [1.54, 1.807) is 6.20 Å². The van der Waals surface area contributed by atoms with E-state index >= 15 is 0 Å². The minimum Gasteiger partial charge on any atom is -0.494 e. The van der Waals surface area contributed by atoms with Gasteiger partial charge in [0.05, 0.1) is 12.7 Å². The second kappa shape index (κ2) is 5.67. The van der Waals surface area contributed by atoms with E-state index in [0.717, 1.165) is 41.7 Å². The SMILES string of the molecule is CCOc1ccc2[nH]cc(C(=O)CC3CCCO3)c2c1. The van der Waals surface area contributed by atoms with Gasteiger partial charge in [-0.3, -0.25) is 4.79 Å². The van der Waals surface area contributed by atoms with Crippen LogP contribution in [0.1, 0.15) is 36.5 Å². The molecule has 1 unspecified atom stereocenters. The fourth-order valence-electron chi connectivity index (χ4n) is 2.71. The average molecular weight is 273 g/mol. The van der Waals surface area contributed by atoms with Crippen LogP contribution in [0.4, 0.5) is 0 Å². The second-order valence-electron chi connectivity index (χ2n) is 5.11. The molecule has 0 radical (unpaired) electrons. The van der Waals surface area contributed by atoms with Gasteiger partial charge in [-0.2, -0.15) is 0 Å². The van der Waals surface area contributed by atoms with E-state index in [9.17, 15) is 4.79 Å². The normalized spacial score (nSPS) is 18.6. The smallest absolute Gasteiger partial charge is 0.167 e. The highest BCUT2D eigenvalue weighted by atomic mass is 16.5. The molecular weight excluding hydrogens is 254 g/mol. The van der Waals surface area contributed by atoms with Crippen molar-refractivity contribution in [3.05, 3.63) is 30.0 Å². The molecule has 1 fully saturated rings. The minimum absolute atomic E-state index is 0.0857. The van der Waals surface area contributed by atoms with E-state index in [1.807, 2.05) is 25.1 Å². The molecule has 1 atom stereocenters. The number of Topliss-reactive ketones (excluding diaryl/α,β-unsaturated/α-hetero) is 1. The Labute approximate surface area is 118 Å². The summed E-state index contributed by atoms with van der Waals surface area (Å²) in [5.41, 5.74) is 1.70. The van der Waals surface area contributed by atoms with Gasteiger partial charge in [0.15, 0.2) is 5.78 Å². The summed E-state index contributed by atoms with van der Waals surface area (Å²) >= 11 is 0. The van der Waals surface area contributed by atoms with Gasteiger partial charge in [0.1, 0.15) is 5.75 Å². The maximum absolute atomic E-state index is 12.4. The van der Waals surface area contributed by atoms with Crippen molar-refractivity contribution in [2.24, 2.45) is 0 Å². The summed E-state index contributed by atoms with van der Waals surface area (Å²) < 4.78 is 11.0. The summed E-state index contributed by atoms with van der Waals surface area (Å²) in [6, 6.07) is 5.79. The Morgan fingerprint density at radius 2 is 2.40 bits per heavy atom. The first-order chi connectivity index (χ1) is 9.78. The van der Waals surface area contributed by atoms with Gasteiger partial charge in [-0.15, -0.1) is 0 Å². The zero-order valence-corrected chi connectivity index (χ0v) is 11.6. The van der Waals surface area contributed by atoms with Crippen molar-refractivity contribution in [3.63, 3.8) is 0 Å². The third-order valence-electron chi connectivity index (χ3n) is 3.70. The number of H-pyrrole nitrogens is 1. The maximum Gasteiger partial charge on any atom is 0.167 e. The molecule has 0 amide bonds. The molecule has 4 heteroatoms. The van der Waals surface area contributed by atoms with Gasteiger partial charge in [0.25, 0.3) is 0 Å². The minimum atomic E-state index is 0.0857. The van der Waals surface area contributed by atoms with E-state index in [0.29, 0.717) is 13.0 Å². The van der Waals surface area contributed by atoms with Crippen LogP contribution in [0.3, 0.4) is 0 Å².